The van der Waals surface area contributed by atoms with E-state index in [4.69, 9.17) is 0 Å². The zero-order valence-electron chi connectivity index (χ0n) is 31.0. The lowest BCUT2D eigenvalue weighted by molar-refractivity contribution is 0.769. The van der Waals surface area contributed by atoms with Crippen molar-refractivity contribution >= 4 is 45.5 Å². The highest BCUT2D eigenvalue weighted by Crippen LogP contribution is 2.57. The Balaban J connectivity index is 1.25. The molecule has 1 aliphatic carbocycles. The van der Waals surface area contributed by atoms with Gasteiger partial charge in [-0.3, -0.25) is 0 Å². The molecule has 0 amide bonds. The van der Waals surface area contributed by atoms with E-state index in [1.54, 1.807) is 0 Å². The monoisotopic (exact) mass is 710 g/mol. The van der Waals surface area contributed by atoms with Crippen molar-refractivity contribution in [1.29, 1.82) is 0 Å². The van der Waals surface area contributed by atoms with Crippen LogP contribution in [0.5, 0.6) is 0 Å². The van der Waals surface area contributed by atoms with Crippen LogP contribution in [0.15, 0.2) is 206 Å². The van der Waals surface area contributed by atoms with E-state index in [1.165, 1.54) is 33.4 Å². The average Bonchev–Trinajstić information content (AvgIpc) is 3.54. The van der Waals surface area contributed by atoms with Crippen LogP contribution in [0, 0.1) is 0 Å². The van der Waals surface area contributed by atoms with Gasteiger partial charge in [-0.2, -0.15) is 0 Å². The summed E-state index contributed by atoms with van der Waals surface area (Å²) in [4.78, 5) is 4.48. The zero-order valence-corrected chi connectivity index (χ0v) is 31.0. The molecule has 0 heterocycles. The van der Waals surface area contributed by atoms with Gasteiger partial charge < -0.3 is 20.4 Å². The summed E-state index contributed by atoms with van der Waals surface area (Å²) < 4.78 is 0. The van der Waals surface area contributed by atoms with Crippen molar-refractivity contribution in [1.82, 2.24) is 0 Å². The fourth-order valence-corrected chi connectivity index (χ4v) is 8.12. The summed E-state index contributed by atoms with van der Waals surface area (Å²) in [7, 11) is 4.26. The van der Waals surface area contributed by atoms with E-state index in [-0.39, 0.29) is 0 Å². The van der Waals surface area contributed by atoms with Gasteiger partial charge in [0.05, 0.1) is 5.41 Å². The van der Waals surface area contributed by atoms with Gasteiger partial charge in [-0.15, -0.1) is 0 Å². The highest BCUT2D eigenvalue weighted by atomic mass is 15.1. The van der Waals surface area contributed by atoms with Crippen molar-refractivity contribution < 1.29 is 0 Å². The third kappa shape index (κ3) is 6.28. The molecular weight excluding hydrogens is 669 g/mol. The van der Waals surface area contributed by atoms with E-state index in [9.17, 15) is 0 Å². The largest absolute Gasteiger partial charge is 0.356 e. The Morgan fingerprint density at radius 1 is 0.327 bits per heavy atom. The molecule has 0 aromatic heterocycles. The first kappa shape index (κ1) is 33.8. The molecule has 266 valence electrons. The molecule has 0 bridgehead atoms. The fourth-order valence-electron chi connectivity index (χ4n) is 8.12. The second-order valence-electron chi connectivity index (χ2n) is 14.1. The molecule has 0 saturated carbocycles. The van der Waals surface area contributed by atoms with Crippen LogP contribution < -0.4 is 20.4 Å². The van der Waals surface area contributed by atoms with Gasteiger partial charge in [0.2, 0.25) is 0 Å². The third-order valence-electron chi connectivity index (χ3n) is 10.9. The molecule has 1 aliphatic rings. The van der Waals surface area contributed by atoms with Crippen LogP contribution >= 0.6 is 0 Å². The van der Waals surface area contributed by atoms with Crippen molar-refractivity contribution in [3.8, 4) is 11.1 Å². The number of hydrogen-bond acceptors (Lipinski definition) is 4. The summed E-state index contributed by atoms with van der Waals surface area (Å²) in [6, 6.07) is 73.9. The van der Waals surface area contributed by atoms with E-state index >= 15 is 0 Å². The first-order chi connectivity index (χ1) is 27.1. The van der Waals surface area contributed by atoms with Crippen LogP contribution in [0.2, 0.25) is 0 Å². The normalized spacial score (nSPS) is 12.3. The molecule has 9 rings (SSSR count). The van der Waals surface area contributed by atoms with Crippen molar-refractivity contribution in [2.24, 2.45) is 0 Å². The summed E-state index contributed by atoms with van der Waals surface area (Å²) in [5.74, 6) is 0. The van der Waals surface area contributed by atoms with Crippen molar-refractivity contribution in [2.75, 3.05) is 34.5 Å². The summed E-state index contributed by atoms with van der Waals surface area (Å²) in [5, 5.41) is 7.41. The van der Waals surface area contributed by atoms with Crippen LogP contribution in [0.1, 0.15) is 22.3 Å². The smallest absolute Gasteiger partial charge is 0.0715 e. The maximum atomic E-state index is 3.70. The predicted octanol–water partition coefficient (Wildman–Crippen LogP) is 13.1. The summed E-state index contributed by atoms with van der Waals surface area (Å²) in [5.41, 5.74) is 15.5. The Morgan fingerprint density at radius 3 is 1.02 bits per heavy atom. The maximum Gasteiger partial charge on any atom is 0.0715 e. The maximum absolute atomic E-state index is 3.70. The summed E-state index contributed by atoms with van der Waals surface area (Å²) in [6.07, 6.45) is 0. The molecule has 4 heteroatoms. The number of fused-ring (bicyclic) bond motifs is 3. The number of rotatable bonds is 10. The summed E-state index contributed by atoms with van der Waals surface area (Å²) in [6.45, 7) is 0. The highest BCUT2D eigenvalue weighted by Gasteiger charge is 2.46. The third-order valence-corrected chi connectivity index (χ3v) is 10.9. The van der Waals surface area contributed by atoms with E-state index in [2.05, 4.69) is 229 Å². The molecule has 0 unspecified atom stereocenters. The Morgan fingerprint density at radius 2 is 0.655 bits per heavy atom. The van der Waals surface area contributed by atoms with Crippen LogP contribution in [0.3, 0.4) is 0 Å². The van der Waals surface area contributed by atoms with Crippen LogP contribution in [-0.4, -0.2) is 14.1 Å². The van der Waals surface area contributed by atoms with Gasteiger partial charge in [0.15, 0.2) is 0 Å². The number of anilines is 8. The minimum atomic E-state index is -0.624. The molecule has 0 aliphatic heterocycles. The molecule has 4 nitrogen and oxygen atoms in total. The molecule has 0 saturated heterocycles. The van der Waals surface area contributed by atoms with E-state index in [0.29, 0.717) is 0 Å². The number of nitrogens with zero attached hydrogens (tertiary/aromatic N) is 2. The quantitative estimate of drug-likeness (QED) is 0.148. The van der Waals surface area contributed by atoms with E-state index in [0.717, 1.165) is 45.5 Å². The van der Waals surface area contributed by atoms with Gasteiger partial charge in [-0.05, 0) is 130 Å². The Kier molecular flexibility index (Phi) is 8.85. The summed E-state index contributed by atoms with van der Waals surface area (Å²) >= 11 is 0. The van der Waals surface area contributed by atoms with Gasteiger partial charge in [-0.25, -0.2) is 0 Å². The number of benzene rings is 8. The van der Waals surface area contributed by atoms with Crippen molar-refractivity contribution in [3.63, 3.8) is 0 Å². The van der Waals surface area contributed by atoms with Crippen molar-refractivity contribution in [2.45, 2.75) is 5.41 Å². The molecule has 0 atom stereocenters. The van der Waals surface area contributed by atoms with Gasteiger partial charge in [0.25, 0.3) is 0 Å². The van der Waals surface area contributed by atoms with Gasteiger partial charge in [0, 0.05) is 59.6 Å². The second kappa shape index (κ2) is 14.4. The lowest BCUT2D eigenvalue weighted by Crippen LogP contribution is -2.29. The van der Waals surface area contributed by atoms with E-state index < -0.39 is 5.41 Å². The lowest BCUT2D eigenvalue weighted by Gasteiger charge is -2.35. The first-order valence-electron chi connectivity index (χ1n) is 18.8. The second-order valence-corrected chi connectivity index (χ2v) is 14.1. The molecule has 0 spiro atoms. The van der Waals surface area contributed by atoms with Crippen LogP contribution in [0.25, 0.3) is 11.1 Å². The number of nitrogens with one attached hydrogen (secondary N) is 2. The standard InChI is InChI=1S/C51H42N4/c1-54(43-19-11-5-12-20-43)45-29-23-37(24-30-45)51(38-25-31-46(32-26-38)55(2)44-21-13-6-14-22-44)49-35-41(52-39-15-7-3-8-16-39)27-33-47(49)48-34-28-42(36-50(48)51)53-40-17-9-4-10-18-40/h3-36,52-53H,1-2H3. The Labute approximate surface area is 324 Å². The number of para-hydroxylation sites is 4. The Bertz CT molecular complexity index is 2350. The molecule has 0 fully saturated rings. The predicted molar refractivity (Wildman–Crippen MR) is 232 cm³/mol. The van der Waals surface area contributed by atoms with Gasteiger partial charge >= 0.3 is 0 Å². The van der Waals surface area contributed by atoms with Crippen molar-refractivity contribution in [3.05, 3.63) is 229 Å². The number of hydrogen-bond donors (Lipinski definition) is 2. The topological polar surface area (TPSA) is 30.5 Å². The molecular formula is C51H42N4. The minimum Gasteiger partial charge on any atom is -0.356 e. The first-order valence-corrected chi connectivity index (χ1v) is 18.8. The Hall–Kier alpha value is -7.04. The molecule has 2 N–H and O–H groups in total. The minimum absolute atomic E-state index is 0.624. The van der Waals surface area contributed by atoms with E-state index in [1.807, 2.05) is 12.1 Å². The zero-order chi connectivity index (χ0) is 37.2. The average molecular weight is 711 g/mol. The SMILES string of the molecule is CN(c1ccccc1)c1ccc(C2(c3ccc(N(C)c4ccccc4)cc3)c3cc(Nc4ccccc4)ccc3-c3ccc(Nc4ccccc4)cc32)cc1. The lowest BCUT2D eigenvalue weighted by atomic mass is 9.67. The molecule has 0 radical (unpaired) electrons. The fraction of sp³-hybridized carbons (Fsp3) is 0.0588. The molecule has 8 aromatic carbocycles. The van der Waals surface area contributed by atoms with Gasteiger partial charge in [0.1, 0.15) is 0 Å². The molecule has 55 heavy (non-hydrogen) atoms. The highest BCUT2D eigenvalue weighted by molar-refractivity contribution is 5.90. The van der Waals surface area contributed by atoms with Crippen LogP contribution in [0.4, 0.5) is 45.5 Å². The van der Waals surface area contributed by atoms with Crippen LogP contribution in [-0.2, 0) is 5.41 Å². The molecule has 8 aromatic rings. The van der Waals surface area contributed by atoms with Gasteiger partial charge in [-0.1, -0.05) is 109 Å².